The molecule has 2 aromatic rings. The highest BCUT2D eigenvalue weighted by atomic mass is 35.5. The summed E-state index contributed by atoms with van der Waals surface area (Å²) < 4.78 is 9.44. The van der Waals surface area contributed by atoms with Gasteiger partial charge in [-0.3, -0.25) is 4.79 Å². The van der Waals surface area contributed by atoms with E-state index in [9.17, 15) is 14.4 Å². The number of hydrogen-bond donors (Lipinski definition) is 1. The molecule has 6 nitrogen and oxygen atoms in total. The van der Waals surface area contributed by atoms with Crippen LogP contribution in [0.2, 0.25) is 5.02 Å². The quantitative estimate of drug-likeness (QED) is 0.614. The first-order valence-corrected chi connectivity index (χ1v) is 8.61. The molecule has 0 fully saturated rings. The Kier molecular flexibility index (Phi) is 6.54. The molecule has 0 saturated heterocycles. The first kappa shape index (κ1) is 19.7. The SMILES string of the molecule is COC(=O)c1sc(NC(=O)C=Cc2ccc(Cl)cc2)c(C(=O)OC)c1C. The molecule has 1 aromatic heterocycles. The van der Waals surface area contributed by atoms with Crippen LogP contribution in [0.5, 0.6) is 0 Å². The van der Waals surface area contributed by atoms with Crippen molar-refractivity contribution in [1.82, 2.24) is 0 Å². The van der Waals surface area contributed by atoms with E-state index >= 15 is 0 Å². The molecule has 0 bridgehead atoms. The Labute approximate surface area is 159 Å². The van der Waals surface area contributed by atoms with Gasteiger partial charge in [-0.2, -0.15) is 0 Å². The van der Waals surface area contributed by atoms with Crippen LogP contribution in [0.15, 0.2) is 30.3 Å². The molecule has 0 saturated carbocycles. The van der Waals surface area contributed by atoms with E-state index in [0.29, 0.717) is 10.6 Å². The van der Waals surface area contributed by atoms with Crippen LogP contribution < -0.4 is 5.32 Å². The van der Waals surface area contributed by atoms with E-state index in [1.54, 1.807) is 37.3 Å². The summed E-state index contributed by atoms with van der Waals surface area (Å²) >= 11 is 6.77. The maximum atomic E-state index is 12.2. The number of hydrogen-bond acceptors (Lipinski definition) is 6. The summed E-state index contributed by atoms with van der Waals surface area (Å²) in [6.45, 7) is 1.59. The molecule has 136 valence electrons. The van der Waals surface area contributed by atoms with E-state index in [0.717, 1.165) is 16.9 Å². The molecule has 0 spiro atoms. The van der Waals surface area contributed by atoms with Crippen molar-refractivity contribution in [2.45, 2.75) is 6.92 Å². The Morgan fingerprint density at radius 3 is 2.27 bits per heavy atom. The molecule has 1 amide bonds. The van der Waals surface area contributed by atoms with Crippen LogP contribution >= 0.6 is 22.9 Å². The molecule has 0 unspecified atom stereocenters. The number of ether oxygens (including phenoxy) is 2. The van der Waals surface area contributed by atoms with E-state index in [1.165, 1.54) is 20.3 Å². The van der Waals surface area contributed by atoms with Crippen molar-refractivity contribution in [2.75, 3.05) is 19.5 Å². The van der Waals surface area contributed by atoms with E-state index < -0.39 is 17.8 Å². The van der Waals surface area contributed by atoms with Crippen molar-refractivity contribution >= 4 is 51.9 Å². The van der Waals surface area contributed by atoms with Crippen molar-refractivity contribution in [3.63, 3.8) is 0 Å². The lowest BCUT2D eigenvalue weighted by molar-refractivity contribution is -0.111. The molecule has 1 aromatic carbocycles. The molecule has 0 radical (unpaired) electrons. The minimum Gasteiger partial charge on any atom is -0.465 e. The molecule has 8 heteroatoms. The summed E-state index contributed by atoms with van der Waals surface area (Å²) in [6.07, 6.45) is 2.92. The van der Waals surface area contributed by atoms with Crippen molar-refractivity contribution in [3.8, 4) is 0 Å². The molecular weight excluding hydrogens is 378 g/mol. The third-order valence-corrected chi connectivity index (χ3v) is 4.88. The van der Waals surface area contributed by atoms with Gasteiger partial charge in [0.25, 0.3) is 0 Å². The standard InChI is InChI=1S/C18H16ClNO5S/c1-10-14(17(22)24-2)16(26-15(10)18(23)25-3)20-13(21)9-6-11-4-7-12(19)8-5-11/h4-9H,1-3H3,(H,20,21). The fraction of sp³-hybridized carbons (Fsp3) is 0.167. The van der Waals surface area contributed by atoms with Crippen molar-refractivity contribution in [3.05, 3.63) is 56.9 Å². The molecule has 0 aliphatic rings. The van der Waals surface area contributed by atoms with Gasteiger partial charge in [-0.1, -0.05) is 23.7 Å². The highest BCUT2D eigenvalue weighted by Crippen LogP contribution is 2.34. The zero-order chi connectivity index (χ0) is 19.3. The Bertz CT molecular complexity index is 870. The number of esters is 2. The maximum Gasteiger partial charge on any atom is 0.348 e. The second-order valence-electron chi connectivity index (χ2n) is 5.12. The highest BCUT2D eigenvalue weighted by molar-refractivity contribution is 7.18. The lowest BCUT2D eigenvalue weighted by Gasteiger charge is -2.04. The number of benzene rings is 1. The third kappa shape index (κ3) is 4.50. The van der Waals surface area contributed by atoms with Crippen molar-refractivity contribution < 1.29 is 23.9 Å². The number of halogens is 1. The topological polar surface area (TPSA) is 81.7 Å². The van der Waals surface area contributed by atoms with Crippen LogP contribution in [0.1, 0.15) is 31.2 Å². The summed E-state index contributed by atoms with van der Waals surface area (Å²) in [5.41, 5.74) is 1.31. The van der Waals surface area contributed by atoms with Gasteiger partial charge >= 0.3 is 11.9 Å². The fourth-order valence-corrected chi connectivity index (χ4v) is 3.38. The number of rotatable bonds is 5. The van der Waals surface area contributed by atoms with Crippen LogP contribution in [0, 0.1) is 6.92 Å². The number of carbonyl (C=O) groups is 3. The fourth-order valence-electron chi connectivity index (χ4n) is 2.14. The van der Waals surface area contributed by atoms with Crippen molar-refractivity contribution in [2.24, 2.45) is 0 Å². The number of amides is 1. The number of methoxy groups -OCH3 is 2. The smallest absolute Gasteiger partial charge is 0.348 e. The van der Waals surface area contributed by atoms with E-state index in [-0.39, 0.29) is 15.4 Å². The lowest BCUT2D eigenvalue weighted by atomic mass is 10.1. The van der Waals surface area contributed by atoms with Crippen LogP contribution in [-0.2, 0) is 14.3 Å². The number of carbonyl (C=O) groups excluding carboxylic acids is 3. The lowest BCUT2D eigenvalue weighted by Crippen LogP contribution is -2.11. The monoisotopic (exact) mass is 393 g/mol. The Hall–Kier alpha value is -2.64. The Morgan fingerprint density at radius 2 is 1.69 bits per heavy atom. The van der Waals surface area contributed by atoms with Crippen LogP contribution in [0.25, 0.3) is 6.08 Å². The third-order valence-electron chi connectivity index (χ3n) is 3.44. The Balaban J connectivity index is 2.26. The Morgan fingerprint density at radius 1 is 1.08 bits per heavy atom. The van der Waals surface area contributed by atoms with E-state index in [1.807, 2.05) is 0 Å². The molecule has 1 heterocycles. The van der Waals surface area contributed by atoms with E-state index in [2.05, 4.69) is 5.32 Å². The van der Waals surface area contributed by atoms with Gasteiger partial charge in [-0.25, -0.2) is 9.59 Å². The zero-order valence-corrected chi connectivity index (χ0v) is 15.9. The predicted molar refractivity (Wildman–Crippen MR) is 101 cm³/mol. The zero-order valence-electron chi connectivity index (χ0n) is 14.3. The summed E-state index contributed by atoms with van der Waals surface area (Å²) in [5, 5.41) is 3.42. The first-order valence-electron chi connectivity index (χ1n) is 7.42. The summed E-state index contributed by atoms with van der Waals surface area (Å²) in [7, 11) is 2.47. The molecule has 0 atom stereocenters. The molecule has 1 N–H and O–H groups in total. The average molecular weight is 394 g/mol. The average Bonchev–Trinajstić information content (AvgIpc) is 2.96. The van der Waals surface area contributed by atoms with E-state index in [4.69, 9.17) is 21.1 Å². The second kappa shape index (κ2) is 8.64. The summed E-state index contributed by atoms with van der Waals surface area (Å²) in [6, 6.07) is 6.94. The van der Waals surface area contributed by atoms with Gasteiger partial charge in [0.1, 0.15) is 9.88 Å². The summed E-state index contributed by atoms with van der Waals surface area (Å²) in [5.74, 6) is -1.69. The van der Waals surface area contributed by atoms with Gasteiger partial charge in [0.2, 0.25) is 5.91 Å². The number of thiophene rings is 1. The van der Waals surface area contributed by atoms with Gasteiger partial charge in [0, 0.05) is 11.1 Å². The molecule has 0 aliphatic heterocycles. The molecule has 0 aliphatic carbocycles. The van der Waals surface area contributed by atoms with Gasteiger partial charge in [-0.05, 0) is 36.3 Å². The van der Waals surface area contributed by atoms with Crippen LogP contribution in [0.4, 0.5) is 5.00 Å². The minimum atomic E-state index is -0.647. The highest BCUT2D eigenvalue weighted by Gasteiger charge is 2.26. The van der Waals surface area contributed by atoms with Gasteiger partial charge < -0.3 is 14.8 Å². The minimum absolute atomic E-state index is 0.131. The van der Waals surface area contributed by atoms with Crippen LogP contribution in [-0.4, -0.2) is 32.1 Å². The maximum absolute atomic E-state index is 12.2. The van der Waals surface area contributed by atoms with Gasteiger partial charge in [-0.15, -0.1) is 11.3 Å². The predicted octanol–water partition coefficient (Wildman–Crippen LogP) is 3.94. The first-order chi connectivity index (χ1) is 12.4. The molecule has 2 rings (SSSR count). The summed E-state index contributed by atoms with van der Waals surface area (Å²) in [4.78, 5) is 36.3. The second-order valence-corrected chi connectivity index (χ2v) is 6.57. The number of anilines is 1. The van der Waals surface area contributed by atoms with Gasteiger partial charge in [0.15, 0.2) is 0 Å². The molecular formula is C18H16ClNO5S. The van der Waals surface area contributed by atoms with Crippen molar-refractivity contribution in [1.29, 1.82) is 0 Å². The normalized spacial score (nSPS) is 10.6. The molecule has 26 heavy (non-hydrogen) atoms. The van der Waals surface area contributed by atoms with Gasteiger partial charge in [0.05, 0.1) is 19.8 Å². The largest absolute Gasteiger partial charge is 0.465 e. The number of nitrogens with one attached hydrogen (secondary N) is 1. The van der Waals surface area contributed by atoms with Crippen LogP contribution in [0.3, 0.4) is 0 Å².